The summed E-state index contributed by atoms with van der Waals surface area (Å²) >= 11 is 0. The number of amides is 1. The van der Waals surface area contributed by atoms with Gasteiger partial charge >= 0.3 is 0 Å². The van der Waals surface area contributed by atoms with E-state index in [-0.39, 0.29) is 18.6 Å². The molecule has 4 nitrogen and oxygen atoms in total. The standard InChI is InChI=1S/C16H23NO3/c1-2-14(12-18)17-15(19)16(8-10-20-11-9-16)13-6-4-3-5-7-13/h3-7,14,18H,2,8-12H2,1H3,(H,17,19). The van der Waals surface area contributed by atoms with Gasteiger partial charge < -0.3 is 15.2 Å². The molecule has 2 N–H and O–H groups in total. The maximum Gasteiger partial charge on any atom is 0.231 e. The van der Waals surface area contributed by atoms with Crippen LogP contribution in [0.5, 0.6) is 0 Å². The summed E-state index contributed by atoms with van der Waals surface area (Å²) in [4.78, 5) is 12.8. The predicted molar refractivity (Wildman–Crippen MR) is 77.5 cm³/mol. The van der Waals surface area contributed by atoms with E-state index in [1.54, 1.807) is 0 Å². The van der Waals surface area contributed by atoms with Crippen LogP contribution in [0.4, 0.5) is 0 Å². The second-order valence-electron chi connectivity index (χ2n) is 5.32. The average Bonchev–Trinajstić information content (AvgIpc) is 2.53. The first-order chi connectivity index (χ1) is 9.73. The van der Waals surface area contributed by atoms with Crippen LogP contribution in [-0.2, 0) is 14.9 Å². The van der Waals surface area contributed by atoms with E-state index in [0.29, 0.717) is 26.1 Å². The van der Waals surface area contributed by atoms with Crippen molar-refractivity contribution in [2.24, 2.45) is 0 Å². The van der Waals surface area contributed by atoms with Crippen LogP contribution in [0, 0.1) is 0 Å². The van der Waals surface area contributed by atoms with Crippen molar-refractivity contribution in [3.8, 4) is 0 Å². The lowest BCUT2D eigenvalue weighted by molar-refractivity contribution is -0.131. The van der Waals surface area contributed by atoms with Gasteiger partial charge in [-0.25, -0.2) is 0 Å². The summed E-state index contributed by atoms with van der Waals surface area (Å²) in [6.07, 6.45) is 2.10. The van der Waals surface area contributed by atoms with Crippen molar-refractivity contribution in [1.82, 2.24) is 5.32 Å². The Hall–Kier alpha value is -1.39. The number of rotatable bonds is 5. The molecule has 0 spiro atoms. The highest BCUT2D eigenvalue weighted by Gasteiger charge is 2.42. The van der Waals surface area contributed by atoms with Crippen LogP contribution in [0.25, 0.3) is 0 Å². The summed E-state index contributed by atoms with van der Waals surface area (Å²) in [6, 6.07) is 9.71. The fourth-order valence-electron chi connectivity index (χ4n) is 2.72. The molecule has 1 unspecified atom stereocenters. The van der Waals surface area contributed by atoms with Gasteiger partial charge in [0.1, 0.15) is 0 Å². The fourth-order valence-corrected chi connectivity index (χ4v) is 2.72. The topological polar surface area (TPSA) is 58.6 Å². The Labute approximate surface area is 120 Å². The Morgan fingerprint density at radius 3 is 2.55 bits per heavy atom. The Bertz CT molecular complexity index is 423. The molecular weight excluding hydrogens is 254 g/mol. The maximum absolute atomic E-state index is 12.8. The summed E-state index contributed by atoms with van der Waals surface area (Å²) in [6.45, 7) is 3.13. The van der Waals surface area contributed by atoms with E-state index in [0.717, 1.165) is 12.0 Å². The number of aliphatic hydroxyl groups is 1. The quantitative estimate of drug-likeness (QED) is 0.860. The molecule has 20 heavy (non-hydrogen) atoms. The highest BCUT2D eigenvalue weighted by Crippen LogP contribution is 2.35. The number of hydrogen-bond acceptors (Lipinski definition) is 3. The molecule has 2 rings (SSSR count). The van der Waals surface area contributed by atoms with Gasteiger partial charge in [0.05, 0.1) is 18.1 Å². The van der Waals surface area contributed by atoms with Crippen molar-refractivity contribution < 1.29 is 14.6 Å². The third kappa shape index (κ3) is 3.02. The van der Waals surface area contributed by atoms with Crippen LogP contribution >= 0.6 is 0 Å². The van der Waals surface area contributed by atoms with Gasteiger partial charge in [0, 0.05) is 13.2 Å². The van der Waals surface area contributed by atoms with E-state index in [9.17, 15) is 9.90 Å². The van der Waals surface area contributed by atoms with Crippen molar-refractivity contribution in [3.05, 3.63) is 35.9 Å². The third-order valence-corrected chi connectivity index (χ3v) is 4.16. The smallest absolute Gasteiger partial charge is 0.231 e. The van der Waals surface area contributed by atoms with Crippen molar-refractivity contribution in [2.45, 2.75) is 37.6 Å². The Morgan fingerprint density at radius 1 is 1.35 bits per heavy atom. The zero-order valence-corrected chi connectivity index (χ0v) is 12.0. The Kier molecular flexibility index (Phi) is 5.15. The van der Waals surface area contributed by atoms with Crippen molar-refractivity contribution in [3.63, 3.8) is 0 Å². The Balaban J connectivity index is 2.25. The van der Waals surface area contributed by atoms with Crippen LogP contribution in [-0.4, -0.2) is 36.9 Å². The van der Waals surface area contributed by atoms with Gasteiger partial charge in [-0.2, -0.15) is 0 Å². The van der Waals surface area contributed by atoms with E-state index < -0.39 is 5.41 Å². The molecule has 1 heterocycles. The molecule has 0 radical (unpaired) electrons. The summed E-state index contributed by atoms with van der Waals surface area (Å²) in [5.41, 5.74) is 0.510. The molecule has 4 heteroatoms. The van der Waals surface area contributed by atoms with Crippen LogP contribution in [0.3, 0.4) is 0 Å². The molecule has 0 aromatic heterocycles. The number of carbonyl (C=O) groups is 1. The summed E-state index contributed by atoms with van der Waals surface area (Å²) in [5, 5.41) is 12.3. The molecule has 1 aromatic rings. The second-order valence-corrected chi connectivity index (χ2v) is 5.32. The molecule has 110 valence electrons. The van der Waals surface area contributed by atoms with E-state index in [1.165, 1.54) is 0 Å². The number of aliphatic hydroxyl groups excluding tert-OH is 1. The normalized spacial score (nSPS) is 19.3. The highest BCUT2D eigenvalue weighted by atomic mass is 16.5. The van der Waals surface area contributed by atoms with Crippen molar-refractivity contribution in [1.29, 1.82) is 0 Å². The number of ether oxygens (including phenoxy) is 1. The van der Waals surface area contributed by atoms with Gasteiger partial charge in [-0.3, -0.25) is 4.79 Å². The third-order valence-electron chi connectivity index (χ3n) is 4.16. The fraction of sp³-hybridized carbons (Fsp3) is 0.562. The first-order valence-corrected chi connectivity index (χ1v) is 7.28. The zero-order valence-electron chi connectivity index (χ0n) is 12.0. The SMILES string of the molecule is CCC(CO)NC(=O)C1(c2ccccc2)CCOCC1. The van der Waals surface area contributed by atoms with E-state index in [1.807, 2.05) is 37.3 Å². The number of benzene rings is 1. The molecule has 1 fully saturated rings. The molecule has 0 saturated carbocycles. The van der Waals surface area contributed by atoms with Crippen molar-refractivity contribution in [2.75, 3.05) is 19.8 Å². The minimum absolute atomic E-state index is 0.00731. The molecule has 0 bridgehead atoms. The minimum Gasteiger partial charge on any atom is -0.394 e. The first kappa shape index (κ1) is 15.0. The van der Waals surface area contributed by atoms with Gasteiger partial charge in [0.25, 0.3) is 0 Å². The van der Waals surface area contributed by atoms with Gasteiger partial charge in [0.2, 0.25) is 5.91 Å². The lowest BCUT2D eigenvalue weighted by Crippen LogP contribution is -2.51. The molecule has 1 aliphatic heterocycles. The van der Waals surface area contributed by atoms with Crippen LogP contribution in [0.1, 0.15) is 31.7 Å². The molecule has 1 aliphatic rings. The van der Waals surface area contributed by atoms with Crippen molar-refractivity contribution >= 4 is 5.91 Å². The summed E-state index contributed by atoms with van der Waals surface area (Å²) < 4.78 is 5.42. The van der Waals surface area contributed by atoms with Crippen LogP contribution in [0.15, 0.2) is 30.3 Å². The lowest BCUT2D eigenvalue weighted by Gasteiger charge is -2.37. The number of carbonyl (C=O) groups excluding carboxylic acids is 1. The van der Waals surface area contributed by atoms with E-state index in [2.05, 4.69) is 5.32 Å². The van der Waals surface area contributed by atoms with Gasteiger partial charge in [-0.15, -0.1) is 0 Å². The molecule has 1 aromatic carbocycles. The average molecular weight is 277 g/mol. The van der Waals surface area contributed by atoms with Crippen LogP contribution < -0.4 is 5.32 Å². The molecule has 1 saturated heterocycles. The highest BCUT2D eigenvalue weighted by molar-refractivity contribution is 5.88. The maximum atomic E-state index is 12.8. The van der Waals surface area contributed by atoms with Gasteiger partial charge in [-0.05, 0) is 24.8 Å². The monoisotopic (exact) mass is 277 g/mol. The first-order valence-electron chi connectivity index (χ1n) is 7.28. The minimum atomic E-state index is -0.526. The second kappa shape index (κ2) is 6.86. The number of nitrogens with one attached hydrogen (secondary N) is 1. The van der Waals surface area contributed by atoms with E-state index >= 15 is 0 Å². The molecule has 0 aliphatic carbocycles. The lowest BCUT2D eigenvalue weighted by atomic mass is 9.73. The van der Waals surface area contributed by atoms with Crippen LogP contribution in [0.2, 0.25) is 0 Å². The zero-order chi connectivity index (χ0) is 14.4. The summed E-state index contributed by atoms with van der Waals surface area (Å²) in [5.74, 6) is 0.00731. The van der Waals surface area contributed by atoms with Gasteiger partial charge in [0.15, 0.2) is 0 Å². The largest absolute Gasteiger partial charge is 0.394 e. The summed E-state index contributed by atoms with van der Waals surface area (Å²) in [7, 11) is 0. The van der Waals surface area contributed by atoms with Gasteiger partial charge in [-0.1, -0.05) is 37.3 Å². The molecule has 1 atom stereocenters. The molecular formula is C16H23NO3. The molecule has 1 amide bonds. The Morgan fingerprint density at radius 2 is 2.00 bits per heavy atom. The predicted octanol–water partition coefficient (Wildman–Crippen LogP) is 1.62. The van der Waals surface area contributed by atoms with E-state index in [4.69, 9.17) is 4.74 Å². The number of hydrogen-bond donors (Lipinski definition) is 2.